The van der Waals surface area contributed by atoms with Gasteiger partial charge in [-0.2, -0.15) is 5.10 Å². The smallest absolute Gasteiger partial charge is 0.275 e. The quantitative estimate of drug-likeness (QED) is 0.579. The first-order valence-electron chi connectivity index (χ1n) is 6.96. The predicted octanol–water partition coefficient (Wildman–Crippen LogP) is 3.01. The fourth-order valence-corrected chi connectivity index (χ4v) is 2.90. The molecule has 0 spiro atoms. The van der Waals surface area contributed by atoms with Crippen LogP contribution in [0.25, 0.3) is 11.3 Å². The number of carbonyl (C=O) groups excluding carboxylic acids is 1. The van der Waals surface area contributed by atoms with Gasteiger partial charge < -0.3 is 0 Å². The minimum absolute atomic E-state index is 0.0426. The number of benzene rings is 1. The van der Waals surface area contributed by atoms with Crippen LogP contribution in [-0.2, 0) is 7.05 Å². The molecule has 1 aromatic carbocycles. The Morgan fingerprint density at radius 1 is 1.38 bits per heavy atom. The molecule has 9 heteroatoms. The number of nitrogens with one attached hydrogen (secondary N) is 1. The number of anilines is 1. The third-order valence-corrected chi connectivity index (χ3v) is 4.24. The largest absolute Gasteiger partial charge is 0.296 e. The van der Waals surface area contributed by atoms with Crippen LogP contribution >= 0.6 is 11.3 Å². The highest BCUT2D eigenvalue weighted by atomic mass is 32.1. The fraction of sp³-hybridized carbons (Fsp3) is 0.133. The summed E-state index contributed by atoms with van der Waals surface area (Å²) in [5.41, 5.74) is 2.25. The zero-order valence-corrected chi connectivity index (χ0v) is 13.7. The number of nitrogens with zero attached hydrogens (tertiary/aromatic N) is 4. The Kier molecular flexibility index (Phi) is 4.09. The number of aromatic nitrogens is 3. The molecule has 24 heavy (non-hydrogen) atoms. The molecule has 0 radical (unpaired) electrons. The van der Waals surface area contributed by atoms with Crippen molar-refractivity contribution in [3.05, 3.63) is 57.2 Å². The Labute approximate surface area is 140 Å². The van der Waals surface area contributed by atoms with E-state index in [0.717, 1.165) is 0 Å². The molecule has 0 aliphatic rings. The number of thiazole rings is 1. The Bertz CT molecular complexity index is 931. The molecular formula is C15H13N5O3S. The van der Waals surface area contributed by atoms with Gasteiger partial charge in [0.1, 0.15) is 5.69 Å². The number of rotatable bonds is 4. The summed E-state index contributed by atoms with van der Waals surface area (Å²) in [6.45, 7) is 1.68. The average molecular weight is 343 g/mol. The minimum Gasteiger partial charge on any atom is -0.296 e. The van der Waals surface area contributed by atoms with E-state index in [4.69, 9.17) is 0 Å². The van der Waals surface area contributed by atoms with E-state index in [1.54, 1.807) is 37.6 Å². The molecule has 1 amide bonds. The first kappa shape index (κ1) is 15.8. The summed E-state index contributed by atoms with van der Waals surface area (Å²) in [4.78, 5) is 27.1. The molecule has 2 heterocycles. The second kappa shape index (κ2) is 6.20. The third-order valence-electron chi connectivity index (χ3n) is 3.48. The maximum Gasteiger partial charge on any atom is 0.275 e. The standard InChI is InChI=1S/C15H13N5O3S/c1-9-3-4-10(7-13(9)20(22)23)11-8-24-15(17-11)18-14(21)12-5-6-16-19(12)2/h3-8H,1-2H3,(H,17,18,21). The second-order valence-electron chi connectivity index (χ2n) is 5.09. The highest BCUT2D eigenvalue weighted by Crippen LogP contribution is 2.29. The van der Waals surface area contributed by atoms with Gasteiger partial charge in [-0.3, -0.25) is 24.9 Å². The number of hydrogen-bond donors (Lipinski definition) is 1. The molecule has 122 valence electrons. The van der Waals surface area contributed by atoms with Gasteiger partial charge >= 0.3 is 0 Å². The number of aryl methyl sites for hydroxylation is 2. The van der Waals surface area contributed by atoms with Crippen molar-refractivity contribution < 1.29 is 9.72 Å². The Morgan fingerprint density at radius 3 is 2.83 bits per heavy atom. The molecule has 0 aliphatic heterocycles. The van der Waals surface area contributed by atoms with Crippen LogP contribution in [0, 0.1) is 17.0 Å². The normalized spacial score (nSPS) is 10.6. The molecule has 8 nitrogen and oxygen atoms in total. The first-order valence-corrected chi connectivity index (χ1v) is 7.84. The van der Waals surface area contributed by atoms with Crippen LogP contribution < -0.4 is 5.32 Å². The average Bonchev–Trinajstić information content (AvgIpc) is 3.16. The van der Waals surface area contributed by atoms with E-state index in [2.05, 4.69) is 15.4 Å². The van der Waals surface area contributed by atoms with Crippen LogP contribution in [-0.4, -0.2) is 25.6 Å². The maximum absolute atomic E-state index is 12.1. The summed E-state index contributed by atoms with van der Waals surface area (Å²) >= 11 is 1.25. The van der Waals surface area contributed by atoms with Gasteiger partial charge in [-0.1, -0.05) is 12.1 Å². The van der Waals surface area contributed by atoms with Crippen LogP contribution in [0.4, 0.5) is 10.8 Å². The van der Waals surface area contributed by atoms with Crippen molar-refractivity contribution >= 4 is 28.1 Å². The Hall–Kier alpha value is -3.07. The van der Waals surface area contributed by atoms with Gasteiger partial charge in [-0.15, -0.1) is 11.3 Å². The van der Waals surface area contributed by atoms with Crippen molar-refractivity contribution in [2.24, 2.45) is 7.05 Å². The fourth-order valence-electron chi connectivity index (χ4n) is 2.19. The van der Waals surface area contributed by atoms with Crippen LogP contribution in [0.1, 0.15) is 16.1 Å². The van der Waals surface area contributed by atoms with Crippen molar-refractivity contribution in [1.82, 2.24) is 14.8 Å². The molecule has 0 unspecified atom stereocenters. The lowest BCUT2D eigenvalue weighted by Crippen LogP contribution is -2.15. The molecule has 0 saturated carbocycles. The zero-order valence-electron chi connectivity index (χ0n) is 12.9. The van der Waals surface area contributed by atoms with Crippen LogP contribution in [0.2, 0.25) is 0 Å². The minimum atomic E-state index is -0.420. The number of hydrogen-bond acceptors (Lipinski definition) is 6. The van der Waals surface area contributed by atoms with Gasteiger partial charge in [0.15, 0.2) is 5.13 Å². The van der Waals surface area contributed by atoms with E-state index in [-0.39, 0.29) is 11.6 Å². The van der Waals surface area contributed by atoms with Gasteiger partial charge in [-0.25, -0.2) is 4.98 Å². The molecule has 0 saturated heterocycles. The van der Waals surface area contributed by atoms with Gasteiger partial charge in [0.2, 0.25) is 0 Å². The highest BCUT2D eigenvalue weighted by Gasteiger charge is 2.15. The SMILES string of the molecule is Cc1ccc(-c2csc(NC(=O)c3ccnn3C)n2)cc1[N+](=O)[O-]. The van der Waals surface area contributed by atoms with Gasteiger partial charge in [0.25, 0.3) is 11.6 Å². The number of nitro benzene ring substituents is 1. The Morgan fingerprint density at radius 2 is 2.17 bits per heavy atom. The topological polar surface area (TPSA) is 103 Å². The first-order chi connectivity index (χ1) is 11.5. The van der Waals surface area contributed by atoms with Crippen molar-refractivity contribution in [1.29, 1.82) is 0 Å². The molecule has 3 rings (SSSR count). The van der Waals surface area contributed by atoms with Crippen molar-refractivity contribution in [2.75, 3.05) is 5.32 Å². The zero-order chi connectivity index (χ0) is 17.3. The van der Waals surface area contributed by atoms with E-state index in [0.29, 0.717) is 27.6 Å². The van der Waals surface area contributed by atoms with Crippen LogP contribution in [0.15, 0.2) is 35.8 Å². The lowest BCUT2D eigenvalue weighted by atomic mass is 10.1. The van der Waals surface area contributed by atoms with Crippen molar-refractivity contribution in [3.8, 4) is 11.3 Å². The summed E-state index contributed by atoms with van der Waals surface area (Å²) in [6, 6.07) is 6.54. The van der Waals surface area contributed by atoms with E-state index >= 15 is 0 Å². The van der Waals surface area contributed by atoms with E-state index in [1.807, 2.05) is 0 Å². The van der Waals surface area contributed by atoms with E-state index in [9.17, 15) is 14.9 Å². The van der Waals surface area contributed by atoms with Gasteiger partial charge in [-0.05, 0) is 13.0 Å². The summed E-state index contributed by atoms with van der Waals surface area (Å²) in [6.07, 6.45) is 1.54. The lowest BCUT2D eigenvalue weighted by molar-refractivity contribution is -0.385. The molecule has 0 bridgehead atoms. The van der Waals surface area contributed by atoms with Gasteiger partial charge in [0, 0.05) is 35.8 Å². The number of carbonyl (C=O) groups is 1. The monoisotopic (exact) mass is 343 g/mol. The van der Waals surface area contributed by atoms with Crippen molar-refractivity contribution in [3.63, 3.8) is 0 Å². The molecular weight excluding hydrogens is 330 g/mol. The van der Waals surface area contributed by atoms with Crippen LogP contribution in [0.5, 0.6) is 0 Å². The summed E-state index contributed by atoms with van der Waals surface area (Å²) in [5.74, 6) is -0.314. The lowest BCUT2D eigenvalue weighted by Gasteiger charge is -2.02. The second-order valence-corrected chi connectivity index (χ2v) is 5.95. The third kappa shape index (κ3) is 3.01. The van der Waals surface area contributed by atoms with E-state index < -0.39 is 4.92 Å². The molecule has 0 fully saturated rings. The van der Waals surface area contributed by atoms with Crippen LogP contribution in [0.3, 0.4) is 0 Å². The maximum atomic E-state index is 12.1. The summed E-state index contributed by atoms with van der Waals surface area (Å²) in [5, 5.41) is 19.8. The predicted molar refractivity (Wildman–Crippen MR) is 90.1 cm³/mol. The number of nitro groups is 1. The Balaban J connectivity index is 1.83. The molecule has 0 atom stereocenters. The van der Waals surface area contributed by atoms with Gasteiger partial charge in [0.05, 0.1) is 10.6 Å². The molecule has 2 aromatic heterocycles. The summed E-state index contributed by atoms with van der Waals surface area (Å²) in [7, 11) is 1.67. The highest BCUT2D eigenvalue weighted by molar-refractivity contribution is 7.14. The van der Waals surface area contributed by atoms with E-state index in [1.165, 1.54) is 28.3 Å². The molecule has 0 aliphatic carbocycles. The number of amides is 1. The molecule has 3 aromatic rings. The van der Waals surface area contributed by atoms with Crippen molar-refractivity contribution in [2.45, 2.75) is 6.92 Å². The summed E-state index contributed by atoms with van der Waals surface area (Å²) < 4.78 is 1.47. The molecule has 1 N–H and O–H groups in total.